The minimum atomic E-state index is -2.04. The molecule has 0 aromatic rings. The third-order valence-corrected chi connectivity index (χ3v) is 12.1. The van der Waals surface area contributed by atoms with E-state index in [9.17, 15) is 0 Å². The van der Waals surface area contributed by atoms with E-state index in [-0.39, 0.29) is 0 Å². The summed E-state index contributed by atoms with van der Waals surface area (Å²) in [7, 11) is -5.51. The van der Waals surface area contributed by atoms with Crippen molar-refractivity contribution in [3.8, 4) is 0 Å². The van der Waals surface area contributed by atoms with Crippen LogP contribution in [0.5, 0.6) is 0 Å². The Labute approximate surface area is 97.5 Å². The van der Waals surface area contributed by atoms with Crippen molar-refractivity contribution in [3.63, 3.8) is 0 Å². The molecular formula is C10H24O2Si3. The van der Waals surface area contributed by atoms with Crippen LogP contribution in [0.1, 0.15) is 0 Å². The summed E-state index contributed by atoms with van der Waals surface area (Å²) in [5, 5.41) is 0. The zero-order valence-electron chi connectivity index (χ0n) is 10.9. The van der Waals surface area contributed by atoms with Crippen molar-refractivity contribution in [2.45, 2.75) is 39.3 Å². The summed E-state index contributed by atoms with van der Waals surface area (Å²) in [6, 6.07) is 0. The molecule has 0 aromatic carbocycles. The van der Waals surface area contributed by atoms with Crippen molar-refractivity contribution in [2.24, 2.45) is 0 Å². The molecule has 0 aliphatic heterocycles. The lowest BCUT2D eigenvalue weighted by Gasteiger charge is -2.36. The zero-order valence-corrected chi connectivity index (χ0v) is 13.9. The third-order valence-electron chi connectivity index (χ3n) is 2.00. The maximum Gasteiger partial charge on any atom is 0.311 e. The van der Waals surface area contributed by atoms with Gasteiger partial charge in [-0.25, -0.2) is 0 Å². The maximum atomic E-state index is 6.14. The van der Waals surface area contributed by atoms with E-state index >= 15 is 0 Å². The van der Waals surface area contributed by atoms with Crippen molar-refractivity contribution < 1.29 is 8.23 Å². The van der Waals surface area contributed by atoms with E-state index in [0.717, 1.165) is 0 Å². The fraction of sp³-hybridized carbons (Fsp3) is 0.600. The van der Waals surface area contributed by atoms with Crippen LogP contribution in [0.2, 0.25) is 39.3 Å². The van der Waals surface area contributed by atoms with Gasteiger partial charge < -0.3 is 8.23 Å². The first-order valence-corrected chi connectivity index (χ1v) is 14.0. The molecule has 0 heterocycles. The molecule has 0 N–H and O–H groups in total. The summed E-state index contributed by atoms with van der Waals surface area (Å²) >= 11 is 0. The Morgan fingerprint density at radius 2 is 1.00 bits per heavy atom. The van der Waals surface area contributed by atoms with Crippen LogP contribution in [0.3, 0.4) is 0 Å². The Balaban J connectivity index is 4.56. The van der Waals surface area contributed by atoms with Crippen LogP contribution >= 0.6 is 0 Å². The van der Waals surface area contributed by atoms with Gasteiger partial charge in [0.25, 0.3) is 0 Å². The van der Waals surface area contributed by atoms with Gasteiger partial charge in [-0.3, -0.25) is 0 Å². The van der Waals surface area contributed by atoms with Crippen LogP contribution in [0.4, 0.5) is 0 Å². The molecule has 0 aromatic heterocycles. The predicted molar refractivity (Wildman–Crippen MR) is 75.0 cm³/mol. The zero-order chi connectivity index (χ0) is 12.3. The minimum Gasteiger partial charge on any atom is -0.433 e. The van der Waals surface area contributed by atoms with E-state index in [1.54, 1.807) is 0 Å². The summed E-state index contributed by atoms with van der Waals surface area (Å²) < 4.78 is 12.3. The Morgan fingerprint density at radius 1 is 0.733 bits per heavy atom. The van der Waals surface area contributed by atoms with Gasteiger partial charge in [0.2, 0.25) is 0 Å². The summed E-state index contributed by atoms with van der Waals surface area (Å²) in [6.45, 7) is 20.4. The molecule has 0 bridgehead atoms. The SMILES string of the molecule is C=C[Si](C)(C)O[Si](C)(C)O[Si](C)(C)C=C. The smallest absolute Gasteiger partial charge is 0.311 e. The molecule has 0 spiro atoms. The van der Waals surface area contributed by atoms with Gasteiger partial charge in [-0.1, -0.05) is 11.4 Å². The molecule has 0 rings (SSSR count). The summed E-state index contributed by atoms with van der Waals surface area (Å²) in [4.78, 5) is 0. The first-order chi connectivity index (χ1) is 6.54. The van der Waals surface area contributed by atoms with Gasteiger partial charge in [-0.05, 0) is 39.3 Å². The normalized spacial score (nSPS) is 13.7. The first kappa shape index (κ1) is 15.1. The van der Waals surface area contributed by atoms with Crippen LogP contribution < -0.4 is 0 Å². The second-order valence-electron chi connectivity index (χ2n) is 5.22. The van der Waals surface area contributed by atoms with Crippen LogP contribution in [-0.4, -0.2) is 25.2 Å². The fourth-order valence-electron chi connectivity index (χ4n) is 1.37. The molecule has 5 heteroatoms. The second-order valence-corrected chi connectivity index (χ2v) is 16.9. The largest absolute Gasteiger partial charge is 0.433 e. The summed E-state index contributed by atoms with van der Waals surface area (Å²) in [5.74, 6) is 0. The Kier molecular flexibility index (Phi) is 4.94. The van der Waals surface area contributed by atoms with Crippen LogP contribution in [0.15, 0.2) is 24.6 Å². The predicted octanol–water partition coefficient (Wildman–Crippen LogP) is 3.58. The fourth-order valence-corrected chi connectivity index (χ4v) is 12.7. The van der Waals surface area contributed by atoms with E-state index < -0.39 is 25.2 Å². The van der Waals surface area contributed by atoms with Crippen LogP contribution in [-0.2, 0) is 8.23 Å². The average molecular weight is 261 g/mol. The lowest BCUT2D eigenvalue weighted by molar-refractivity contribution is 0.400. The van der Waals surface area contributed by atoms with Crippen molar-refractivity contribution in [1.82, 2.24) is 0 Å². The Hall–Kier alpha value is 0.0506. The molecule has 0 fully saturated rings. The molecule has 0 unspecified atom stereocenters. The van der Waals surface area contributed by atoms with Gasteiger partial charge in [-0.15, -0.1) is 13.2 Å². The van der Waals surface area contributed by atoms with E-state index in [2.05, 4.69) is 52.4 Å². The number of hydrogen-bond donors (Lipinski definition) is 0. The van der Waals surface area contributed by atoms with Gasteiger partial charge >= 0.3 is 8.56 Å². The topological polar surface area (TPSA) is 18.5 Å². The van der Waals surface area contributed by atoms with E-state index in [1.165, 1.54) is 0 Å². The van der Waals surface area contributed by atoms with Gasteiger partial charge in [0.1, 0.15) is 0 Å². The highest BCUT2D eigenvalue weighted by Gasteiger charge is 2.37. The minimum absolute atomic E-state index is 1.74. The molecule has 0 aliphatic carbocycles. The molecule has 88 valence electrons. The van der Waals surface area contributed by atoms with Crippen molar-refractivity contribution in [3.05, 3.63) is 24.6 Å². The van der Waals surface area contributed by atoms with Gasteiger partial charge in [0, 0.05) is 0 Å². The van der Waals surface area contributed by atoms with Crippen LogP contribution in [0.25, 0.3) is 0 Å². The number of rotatable bonds is 6. The van der Waals surface area contributed by atoms with Gasteiger partial charge in [0.15, 0.2) is 16.6 Å². The van der Waals surface area contributed by atoms with Gasteiger partial charge in [-0.2, -0.15) is 0 Å². The molecule has 0 amide bonds. The van der Waals surface area contributed by atoms with Gasteiger partial charge in [0.05, 0.1) is 0 Å². The molecule has 0 aliphatic rings. The molecule has 2 nitrogen and oxygen atoms in total. The van der Waals surface area contributed by atoms with E-state index in [1.807, 2.05) is 11.4 Å². The average Bonchev–Trinajstić information content (AvgIpc) is 2.00. The Bertz CT molecular complexity index is 223. The molecule has 0 atom stereocenters. The standard InChI is InChI=1S/C10H24O2Si3/c1-9-13(3,4)11-15(7,8)12-14(5,6)10-2/h9-10H,1-2H2,3-8H3. The highest BCUT2D eigenvalue weighted by Crippen LogP contribution is 2.21. The molecule has 0 radical (unpaired) electrons. The molecule has 15 heavy (non-hydrogen) atoms. The van der Waals surface area contributed by atoms with Crippen molar-refractivity contribution in [1.29, 1.82) is 0 Å². The Morgan fingerprint density at radius 3 is 1.20 bits per heavy atom. The quantitative estimate of drug-likeness (QED) is 0.680. The maximum absolute atomic E-state index is 6.14. The van der Waals surface area contributed by atoms with E-state index in [4.69, 9.17) is 8.23 Å². The van der Waals surface area contributed by atoms with Crippen molar-refractivity contribution >= 4 is 25.2 Å². The second kappa shape index (κ2) is 4.92. The molecular weight excluding hydrogens is 236 g/mol. The van der Waals surface area contributed by atoms with E-state index in [0.29, 0.717) is 0 Å². The highest BCUT2D eigenvalue weighted by molar-refractivity contribution is 6.90. The third kappa shape index (κ3) is 6.26. The molecule has 0 saturated heterocycles. The number of hydrogen-bond acceptors (Lipinski definition) is 2. The lowest BCUT2D eigenvalue weighted by atomic mass is 11.3. The lowest BCUT2D eigenvalue weighted by Crippen LogP contribution is -2.51. The summed E-state index contributed by atoms with van der Waals surface area (Å²) in [5.41, 5.74) is 3.90. The van der Waals surface area contributed by atoms with Crippen molar-refractivity contribution in [2.75, 3.05) is 0 Å². The monoisotopic (exact) mass is 260 g/mol. The highest BCUT2D eigenvalue weighted by atomic mass is 28.5. The first-order valence-electron chi connectivity index (χ1n) is 5.21. The van der Waals surface area contributed by atoms with Crippen LogP contribution in [0, 0.1) is 0 Å². The summed E-state index contributed by atoms with van der Waals surface area (Å²) in [6.07, 6.45) is 0. The molecule has 0 saturated carbocycles.